The van der Waals surface area contributed by atoms with Gasteiger partial charge in [0.1, 0.15) is 5.82 Å². The van der Waals surface area contributed by atoms with Gasteiger partial charge >= 0.3 is 0 Å². The lowest BCUT2D eigenvalue weighted by molar-refractivity contribution is 0.373. The highest BCUT2D eigenvalue weighted by Crippen LogP contribution is 2.17. The van der Waals surface area contributed by atoms with Crippen molar-refractivity contribution >= 4 is 45.5 Å². The normalized spacial score (nSPS) is 16.1. The van der Waals surface area contributed by atoms with Crippen LogP contribution in [0.4, 0.5) is 10.1 Å². The van der Waals surface area contributed by atoms with Crippen LogP contribution in [0.3, 0.4) is 0 Å². The number of aliphatic imine (C=N–C) groups is 1. The summed E-state index contributed by atoms with van der Waals surface area (Å²) in [7, 11) is -1.45. The van der Waals surface area contributed by atoms with E-state index >= 15 is 0 Å². The Hall–Kier alpha value is -1.10. The molecule has 0 bridgehead atoms. The number of guanidine groups is 1. The van der Waals surface area contributed by atoms with Gasteiger partial charge in [-0.1, -0.05) is 0 Å². The molecule has 1 heterocycles. The summed E-state index contributed by atoms with van der Waals surface area (Å²) in [6.07, 6.45) is 0. The molecule has 1 aromatic carbocycles. The second-order valence-electron chi connectivity index (χ2n) is 7.36. The Morgan fingerprint density at radius 1 is 1.15 bits per heavy atom. The minimum Gasteiger partial charge on any atom is -0.368 e. The summed E-state index contributed by atoms with van der Waals surface area (Å²) >= 11 is 0. The van der Waals surface area contributed by atoms with E-state index in [1.165, 1.54) is 12.1 Å². The molecule has 0 atom stereocenters. The third kappa shape index (κ3) is 6.48. The van der Waals surface area contributed by atoms with Crippen molar-refractivity contribution < 1.29 is 12.8 Å². The van der Waals surface area contributed by atoms with Gasteiger partial charge in [-0.2, -0.15) is 0 Å². The summed E-state index contributed by atoms with van der Waals surface area (Å²) < 4.78 is 36.7. The standard InChI is InChI=1S/C18H29FN4O2S.HI/c1-18(2,3)26(24,25)14-9-21-17(20-4)23-12-10-22(11-13-23)16-7-5-15(19)6-8-16;/h5-8H,9-14H2,1-4H3,(H,20,21);1H. The summed E-state index contributed by atoms with van der Waals surface area (Å²) in [4.78, 5) is 8.59. The third-order valence-corrected chi connectivity index (χ3v) is 7.18. The zero-order valence-electron chi connectivity index (χ0n) is 16.4. The van der Waals surface area contributed by atoms with Crippen LogP contribution in [-0.4, -0.2) is 69.5 Å². The van der Waals surface area contributed by atoms with Gasteiger partial charge in [0.05, 0.1) is 10.5 Å². The van der Waals surface area contributed by atoms with Crippen molar-refractivity contribution in [2.75, 3.05) is 50.4 Å². The van der Waals surface area contributed by atoms with Crippen molar-refractivity contribution in [1.82, 2.24) is 10.2 Å². The summed E-state index contributed by atoms with van der Waals surface area (Å²) in [5.74, 6) is 0.556. The minimum atomic E-state index is -3.16. The monoisotopic (exact) mass is 512 g/mol. The predicted octanol–water partition coefficient (Wildman–Crippen LogP) is 2.35. The molecule has 0 aliphatic carbocycles. The first-order chi connectivity index (χ1) is 12.1. The van der Waals surface area contributed by atoms with Crippen molar-refractivity contribution in [2.45, 2.75) is 25.5 Å². The highest BCUT2D eigenvalue weighted by Gasteiger charge is 2.28. The van der Waals surface area contributed by atoms with Crippen molar-refractivity contribution in [3.63, 3.8) is 0 Å². The molecule has 0 saturated carbocycles. The number of sulfone groups is 1. The van der Waals surface area contributed by atoms with E-state index in [0.29, 0.717) is 12.5 Å². The molecule has 154 valence electrons. The SMILES string of the molecule is CN=C(NCCS(=O)(=O)C(C)(C)C)N1CCN(c2ccc(F)cc2)CC1.I. The molecule has 0 radical (unpaired) electrons. The van der Waals surface area contributed by atoms with E-state index in [0.717, 1.165) is 31.9 Å². The Bertz CT molecular complexity index is 725. The van der Waals surface area contributed by atoms with Crippen molar-refractivity contribution in [3.05, 3.63) is 30.1 Å². The van der Waals surface area contributed by atoms with Gasteiger partial charge in [0.25, 0.3) is 0 Å². The number of anilines is 1. The van der Waals surface area contributed by atoms with E-state index in [1.807, 2.05) is 0 Å². The minimum absolute atomic E-state index is 0. The number of benzene rings is 1. The Kier molecular flexibility index (Phi) is 8.78. The smallest absolute Gasteiger partial charge is 0.193 e. The van der Waals surface area contributed by atoms with Gasteiger partial charge in [-0.25, -0.2) is 12.8 Å². The molecule has 0 aromatic heterocycles. The fraction of sp³-hybridized carbons (Fsp3) is 0.611. The number of hydrogen-bond donors (Lipinski definition) is 1. The largest absolute Gasteiger partial charge is 0.368 e. The molecule has 1 saturated heterocycles. The number of halogens is 2. The zero-order valence-corrected chi connectivity index (χ0v) is 19.6. The molecule has 9 heteroatoms. The Balaban J connectivity index is 0.00000364. The molecule has 6 nitrogen and oxygen atoms in total. The third-order valence-electron chi connectivity index (χ3n) is 4.57. The topological polar surface area (TPSA) is 65.0 Å². The van der Waals surface area contributed by atoms with E-state index in [-0.39, 0.29) is 35.5 Å². The average Bonchev–Trinajstić information content (AvgIpc) is 2.59. The summed E-state index contributed by atoms with van der Waals surface area (Å²) in [5, 5.41) is 3.16. The van der Waals surface area contributed by atoms with E-state index in [4.69, 9.17) is 0 Å². The molecule has 1 aromatic rings. The quantitative estimate of drug-likeness (QED) is 0.382. The second kappa shape index (κ2) is 9.90. The van der Waals surface area contributed by atoms with Crippen LogP contribution < -0.4 is 10.2 Å². The van der Waals surface area contributed by atoms with E-state index in [9.17, 15) is 12.8 Å². The fourth-order valence-corrected chi connectivity index (χ4v) is 3.75. The first kappa shape index (κ1) is 23.9. The lowest BCUT2D eigenvalue weighted by Crippen LogP contribution is -2.53. The van der Waals surface area contributed by atoms with Crippen molar-refractivity contribution in [3.8, 4) is 0 Å². The molecule has 1 fully saturated rings. The molecular formula is C18H30FIN4O2S. The number of piperazine rings is 1. The van der Waals surface area contributed by atoms with Gasteiger partial charge in [-0.3, -0.25) is 4.99 Å². The molecule has 27 heavy (non-hydrogen) atoms. The van der Waals surface area contributed by atoms with Crippen LogP contribution in [0.5, 0.6) is 0 Å². The maximum absolute atomic E-state index is 13.0. The van der Waals surface area contributed by atoms with Crippen LogP contribution >= 0.6 is 24.0 Å². The van der Waals surface area contributed by atoms with Crippen LogP contribution in [0.2, 0.25) is 0 Å². The van der Waals surface area contributed by atoms with Gasteiger partial charge in [0.15, 0.2) is 15.8 Å². The Labute approximate surface area is 179 Å². The molecular weight excluding hydrogens is 482 g/mol. The number of hydrogen-bond acceptors (Lipinski definition) is 4. The summed E-state index contributed by atoms with van der Waals surface area (Å²) in [6.45, 7) is 8.61. The highest BCUT2D eigenvalue weighted by atomic mass is 127. The van der Waals surface area contributed by atoms with Gasteiger partial charge < -0.3 is 15.1 Å². The van der Waals surface area contributed by atoms with Crippen LogP contribution in [-0.2, 0) is 9.84 Å². The molecule has 1 aliphatic heterocycles. The molecule has 1 N–H and O–H groups in total. The molecule has 0 unspecified atom stereocenters. The maximum atomic E-state index is 13.0. The van der Waals surface area contributed by atoms with Gasteiger partial charge in [-0.05, 0) is 45.0 Å². The van der Waals surface area contributed by atoms with E-state index < -0.39 is 14.6 Å². The molecule has 0 spiro atoms. The predicted molar refractivity (Wildman–Crippen MR) is 121 cm³/mol. The first-order valence-corrected chi connectivity index (χ1v) is 10.5. The number of nitrogens with zero attached hydrogens (tertiary/aromatic N) is 3. The first-order valence-electron chi connectivity index (χ1n) is 8.82. The lowest BCUT2D eigenvalue weighted by Gasteiger charge is -2.37. The summed E-state index contributed by atoms with van der Waals surface area (Å²) in [6, 6.07) is 6.51. The highest BCUT2D eigenvalue weighted by molar-refractivity contribution is 14.0. The lowest BCUT2D eigenvalue weighted by atomic mass is 10.2. The molecule has 0 amide bonds. The van der Waals surface area contributed by atoms with Crippen molar-refractivity contribution in [2.24, 2.45) is 4.99 Å². The van der Waals surface area contributed by atoms with E-state index in [1.54, 1.807) is 40.0 Å². The maximum Gasteiger partial charge on any atom is 0.193 e. The van der Waals surface area contributed by atoms with Gasteiger partial charge in [-0.15, -0.1) is 24.0 Å². The second-order valence-corrected chi connectivity index (χ2v) is 10.2. The van der Waals surface area contributed by atoms with Gasteiger partial charge in [0, 0.05) is 45.5 Å². The number of rotatable bonds is 4. The molecule has 2 rings (SSSR count). The van der Waals surface area contributed by atoms with Crippen LogP contribution in [0.15, 0.2) is 29.3 Å². The number of nitrogens with one attached hydrogen (secondary N) is 1. The Morgan fingerprint density at radius 3 is 2.19 bits per heavy atom. The fourth-order valence-electron chi connectivity index (χ4n) is 2.76. The Morgan fingerprint density at radius 2 is 1.70 bits per heavy atom. The van der Waals surface area contributed by atoms with Crippen LogP contribution in [0.25, 0.3) is 0 Å². The van der Waals surface area contributed by atoms with E-state index in [2.05, 4.69) is 20.1 Å². The zero-order chi connectivity index (χ0) is 19.4. The van der Waals surface area contributed by atoms with Gasteiger partial charge in [0.2, 0.25) is 0 Å². The average molecular weight is 512 g/mol. The van der Waals surface area contributed by atoms with Crippen molar-refractivity contribution in [1.29, 1.82) is 0 Å². The van der Waals surface area contributed by atoms with Crippen LogP contribution in [0, 0.1) is 5.82 Å². The molecule has 1 aliphatic rings. The van der Waals surface area contributed by atoms with Crippen LogP contribution in [0.1, 0.15) is 20.8 Å². The summed E-state index contributed by atoms with van der Waals surface area (Å²) in [5.41, 5.74) is 1.00.